The summed E-state index contributed by atoms with van der Waals surface area (Å²) in [5, 5.41) is 1.27. The molecule has 32 heavy (non-hydrogen) atoms. The minimum absolute atomic E-state index is 0.0568. The highest BCUT2D eigenvalue weighted by Gasteiger charge is 2.17. The summed E-state index contributed by atoms with van der Waals surface area (Å²) in [5.41, 5.74) is 6.54. The molecule has 3 heterocycles. The van der Waals surface area contributed by atoms with Crippen LogP contribution in [0.2, 0.25) is 0 Å². The van der Waals surface area contributed by atoms with Crippen LogP contribution in [0.4, 0.5) is 0 Å². The topological polar surface area (TPSA) is 65.1 Å². The first-order chi connectivity index (χ1) is 15.4. The molecule has 3 aromatic heterocycles. The minimum Gasteiger partial charge on any atom is -0.288 e. The first-order valence-electron chi connectivity index (χ1n) is 10.5. The molecule has 6 nitrogen and oxygen atoms in total. The summed E-state index contributed by atoms with van der Waals surface area (Å²) in [6, 6.07) is 15.6. The molecule has 0 saturated heterocycles. The molecule has 0 N–H and O–H groups in total. The molecule has 0 amide bonds. The molecule has 0 aliphatic heterocycles. The summed E-state index contributed by atoms with van der Waals surface area (Å²) < 4.78 is 3.75. The zero-order valence-electron chi connectivity index (χ0n) is 18.5. The van der Waals surface area contributed by atoms with Crippen LogP contribution in [-0.2, 0) is 5.75 Å². The lowest BCUT2D eigenvalue weighted by molar-refractivity contribution is 0.808. The number of para-hydroxylation sites is 2. The van der Waals surface area contributed by atoms with Gasteiger partial charge in [-0.1, -0.05) is 42.1 Å². The van der Waals surface area contributed by atoms with Gasteiger partial charge >= 0.3 is 0 Å². The summed E-state index contributed by atoms with van der Waals surface area (Å²) in [4.78, 5) is 27.7. The van der Waals surface area contributed by atoms with E-state index in [1.54, 1.807) is 4.57 Å². The van der Waals surface area contributed by atoms with Gasteiger partial charge in [0.2, 0.25) is 5.78 Å². The first kappa shape index (κ1) is 20.5. The standard InChI is InChI=1S/C25H23N5OS/c1-15-8-7-9-16(2)22(15)30-23(31)20-10-5-6-11-21(20)28-25(30)32-14-19-13-29-18(4)12-17(3)26-24(29)27-19/h5-13H,14H2,1-4H3. The Kier molecular flexibility index (Phi) is 5.06. The molecule has 160 valence electrons. The van der Waals surface area contributed by atoms with Gasteiger partial charge in [-0.3, -0.25) is 13.8 Å². The second-order valence-electron chi connectivity index (χ2n) is 8.02. The molecule has 0 aliphatic carbocycles. The predicted octanol–water partition coefficient (Wildman–Crippen LogP) is 4.95. The van der Waals surface area contributed by atoms with E-state index >= 15 is 0 Å². The van der Waals surface area contributed by atoms with Gasteiger partial charge in [0.1, 0.15) is 0 Å². The van der Waals surface area contributed by atoms with Crippen LogP contribution in [0.5, 0.6) is 0 Å². The number of benzene rings is 2. The van der Waals surface area contributed by atoms with Crippen molar-refractivity contribution in [1.29, 1.82) is 0 Å². The Morgan fingerprint density at radius 1 is 0.906 bits per heavy atom. The third-order valence-corrected chi connectivity index (χ3v) is 6.54. The molecule has 0 bridgehead atoms. The SMILES string of the molecule is Cc1cc(C)n2cc(CSc3nc4ccccc4c(=O)n3-c3c(C)cccc3C)nc2n1. The van der Waals surface area contributed by atoms with Gasteiger partial charge in [-0.2, -0.15) is 0 Å². The zero-order valence-corrected chi connectivity index (χ0v) is 19.3. The fourth-order valence-electron chi connectivity index (χ4n) is 4.09. The first-order valence-corrected chi connectivity index (χ1v) is 11.4. The van der Waals surface area contributed by atoms with E-state index < -0.39 is 0 Å². The number of rotatable bonds is 4. The number of aromatic nitrogens is 5. The smallest absolute Gasteiger partial charge is 0.266 e. The van der Waals surface area contributed by atoms with Crippen LogP contribution in [0, 0.1) is 27.7 Å². The quantitative estimate of drug-likeness (QED) is 0.291. The molecule has 0 aliphatic rings. The average Bonchev–Trinajstić information content (AvgIpc) is 3.17. The largest absolute Gasteiger partial charge is 0.288 e. The van der Waals surface area contributed by atoms with Crippen LogP contribution in [-0.4, -0.2) is 23.9 Å². The van der Waals surface area contributed by atoms with Crippen LogP contribution in [0.3, 0.4) is 0 Å². The van der Waals surface area contributed by atoms with E-state index in [2.05, 4.69) is 9.97 Å². The Balaban J connectivity index is 1.63. The van der Waals surface area contributed by atoms with Crippen LogP contribution in [0.15, 0.2) is 64.7 Å². The summed E-state index contributed by atoms with van der Waals surface area (Å²) in [5.74, 6) is 1.27. The third-order valence-electron chi connectivity index (χ3n) is 5.57. The van der Waals surface area contributed by atoms with Gasteiger partial charge in [0.25, 0.3) is 5.56 Å². The Bertz CT molecular complexity index is 1530. The molecule has 7 heteroatoms. The number of nitrogens with zero attached hydrogens (tertiary/aromatic N) is 5. The van der Waals surface area contributed by atoms with Gasteiger partial charge in [0.05, 0.1) is 22.3 Å². The highest BCUT2D eigenvalue weighted by molar-refractivity contribution is 7.98. The molecule has 0 spiro atoms. The minimum atomic E-state index is -0.0568. The van der Waals surface area contributed by atoms with Crippen LogP contribution in [0.1, 0.15) is 28.2 Å². The van der Waals surface area contributed by atoms with E-state index in [9.17, 15) is 4.79 Å². The van der Waals surface area contributed by atoms with E-state index in [-0.39, 0.29) is 5.56 Å². The molecule has 0 atom stereocenters. The zero-order chi connectivity index (χ0) is 22.4. The van der Waals surface area contributed by atoms with Gasteiger partial charge < -0.3 is 0 Å². The Morgan fingerprint density at radius 2 is 1.66 bits per heavy atom. The number of aryl methyl sites for hydroxylation is 4. The Morgan fingerprint density at radius 3 is 2.44 bits per heavy atom. The number of thioether (sulfide) groups is 1. The fraction of sp³-hybridized carbons (Fsp3) is 0.200. The third kappa shape index (κ3) is 3.48. The highest BCUT2D eigenvalue weighted by atomic mass is 32.2. The van der Waals surface area contributed by atoms with Gasteiger partial charge in [-0.15, -0.1) is 0 Å². The van der Waals surface area contributed by atoms with Crippen molar-refractivity contribution in [2.45, 2.75) is 38.6 Å². The predicted molar refractivity (Wildman–Crippen MR) is 129 cm³/mol. The fourth-order valence-corrected chi connectivity index (χ4v) is 4.97. The lowest BCUT2D eigenvalue weighted by atomic mass is 10.1. The second-order valence-corrected chi connectivity index (χ2v) is 8.96. The van der Waals surface area contributed by atoms with Crippen molar-refractivity contribution in [3.8, 4) is 5.69 Å². The van der Waals surface area contributed by atoms with Crippen molar-refractivity contribution < 1.29 is 0 Å². The molecule has 5 aromatic rings. The average molecular weight is 442 g/mol. The van der Waals surface area contributed by atoms with Crippen LogP contribution >= 0.6 is 11.8 Å². The molecule has 2 aromatic carbocycles. The maximum atomic E-state index is 13.6. The molecule has 0 radical (unpaired) electrons. The number of hydrogen-bond acceptors (Lipinski definition) is 5. The van der Waals surface area contributed by atoms with Gasteiger partial charge in [-0.05, 0) is 57.0 Å². The second kappa shape index (κ2) is 7.91. The number of fused-ring (bicyclic) bond motifs is 2. The lowest BCUT2D eigenvalue weighted by Crippen LogP contribution is -2.23. The highest BCUT2D eigenvalue weighted by Crippen LogP contribution is 2.27. The number of imidazole rings is 1. The summed E-state index contributed by atoms with van der Waals surface area (Å²) in [7, 11) is 0. The lowest BCUT2D eigenvalue weighted by Gasteiger charge is -2.17. The van der Waals surface area contributed by atoms with Crippen molar-refractivity contribution >= 4 is 28.4 Å². The van der Waals surface area contributed by atoms with Crippen LogP contribution < -0.4 is 5.56 Å². The van der Waals surface area contributed by atoms with Crippen molar-refractivity contribution in [1.82, 2.24) is 23.9 Å². The molecule has 0 unspecified atom stereocenters. The maximum Gasteiger partial charge on any atom is 0.266 e. The Hall–Kier alpha value is -3.45. The molecule has 0 fully saturated rings. The normalized spacial score (nSPS) is 11.5. The maximum absolute atomic E-state index is 13.6. The Labute approximate surface area is 190 Å². The van der Waals surface area contributed by atoms with E-state index in [1.165, 1.54) is 11.8 Å². The van der Waals surface area contributed by atoms with Crippen molar-refractivity contribution in [2.24, 2.45) is 0 Å². The van der Waals surface area contributed by atoms with Crippen molar-refractivity contribution in [2.75, 3.05) is 0 Å². The van der Waals surface area contributed by atoms with Gasteiger partial charge in [-0.25, -0.2) is 15.0 Å². The molecule has 0 saturated carbocycles. The van der Waals surface area contributed by atoms with E-state index in [0.717, 1.165) is 33.9 Å². The number of hydrogen-bond donors (Lipinski definition) is 0. The van der Waals surface area contributed by atoms with E-state index in [0.29, 0.717) is 27.6 Å². The van der Waals surface area contributed by atoms with Crippen molar-refractivity contribution in [3.63, 3.8) is 0 Å². The summed E-state index contributed by atoms with van der Waals surface area (Å²) in [6.07, 6.45) is 2.01. The summed E-state index contributed by atoms with van der Waals surface area (Å²) >= 11 is 1.51. The van der Waals surface area contributed by atoms with Crippen LogP contribution in [0.25, 0.3) is 22.4 Å². The van der Waals surface area contributed by atoms with E-state index in [4.69, 9.17) is 4.98 Å². The van der Waals surface area contributed by atoms with Crippen molar-refractivity contribution in [3.05, 3.63) is 93.3 Å². The molecular weight excluding hydrogens is 418 g/mol. The molecular formula is C25H23N5OS. The summed E-state index contributed by atoms with van der Waals surface area (Å²) in [6.45, 7) is 8.07. The monoisotopic (exact) mass is 441 g/mol. The van der Waals surface area contributed by atoms with Gasteiger partial charge in [0.15, 0.2) is 5.16 Å². The molecule has 5 rings (SSSR count). The van der Waals surface area contributed by atoms with Gasteiger partial charge in [0, 0.05) is 23.3 Å². The van der Waals surface area contributed by atoms with E-state index in [1.807, 2.05) is 86.8 Å².